The van der Waals surface area contributed by atoms with E-state index in [1.165, 1.54) is 0 Å². The molecule has 8 bridgehead atoms. The topological polar surface area (TPSA) is 57.4 Å². The van der Waals surface area contributed by atoms with Gasteiger partial charge in [-0.05, 0) is 66.8 Å². The van der Waals surface area contributed by atoms with E-state index in [4.69, 9.17) is 11.6 Å². The molecule has 0 fully saturated rings. The van der Waals surface area contributed by atoms with Crippen LogP contribution in [0.25, 0.3) is 46.4 Å². The van der Waals surface area contributed by atoms with E-state index in [9.17, 15) is 0 Å². The molecule has 2 aliphatic rings. The molecule has 134 valence electrons. The van der Waals surface area contributed by atoms with Crippen LogP contribution < -0.4 is 0 Å². The van der Waals surface area contributed by atoms with Crippen molar-refractivity contribution in [1.29, 1.82) is 0 Å². The number of aromatic nitrogens is 4. The normalized spacial score (nSPS) is 11.7. The van der Waals surface area contributed by atoms with Crippen LogP contribution in [0.2, 0.25) is 5.02 Å². The fourth-order valence-corrected chi connectivity index (χ4v) is 3.20. The van der Waals surface area contributed by atoms with Gasteiger partial charge in [0.05, 0.1) is 33.3 Å². The second-order valence-corrected chi connectivity index (χ2v) is 6.43. The Bertz CT molecular complexity index is 1220. The van der Waals surface area contributed by atoms with Gasteiger partial charge in [-0.2, -0.15) is 0 Å². The van der Waals surface area contributed by atoms with Crippen molar-refractivity contribution in [2.24, 2.45) is 0 Å². The van der Waals surface area contributed by atoms with E-state index < -0.39 is 0 Å². The molecule has 5 heterocycles. The number of rotatable bonds is 0. The third-order valence-electron chi connectivity index (χ3n) is 4.12. The fraction of sp³-hybridized carbons (Fsp3) is 0. The molecule has 0 aliphatic carbocycles. The number of H-pyrrole nitrogens is 2. The van der Waals surface area contributed by atoms with Crippen LogP contribution in [-0.2, 0) is 0 Å². The molecule has 0 radical (unpaired) electrons. The molecular weight excluding hydrogens is 437 g/mol. The zero-order valence-corrected chi connectivity index (χ0v) is 15.1. The summed E-state index contributed by atoms with van der Waals surface area (Å²) < 4.78 is 0. The van der Waals surface area contributed by atoms with Gasteiger partial charge in [0.15, 0.2) is 0 Å². The molecule has 27 heavy (non-hydrogen) atoms. The fourth-order valence-electron chi connectivity index (χ4n) is 2.98. The van der Waals surface area contributed by atoms with Gasteiger partial charge in [0.2, 0.25) is 0 Å². The number of hydrogen-bond donors (Lipinski definition) is 2. The second kappa shape index (κ2) is 7.82. The summed E-state index contributed by atoms with van der Waals surface area (Å²) in [6.07, 6.45) is 7.95. The van der Waals surface area contributed by atoms with Gasteiger partial charge in [0, 0.05) is 16.6 Å². The molecule has 2 N–H and O–H groups in total. The number of fused-ring (bicyclic) bond motifs is 8. The number of nitrogens with one attached hydrogen (secondary N) is 2. The summed E-state index contributed by atoms with van der Waals surface area (Å²) in [7, 11) is 0. The Hall–Kier alpha value is -2.18. The summed E-state index contributed by atoms with van der Waals surface area (Å²) in [4.78, 5) is 15.9. The Labute approximate surface area is 179 Å². The van der Waals surface area contributed by atoms with Crippen molar-refractivity contribution < 1.29 is 0 Å². The van der Waals surface area contributed by atoms with E-state index in [-0.39, 0.29) is 32.2 Å². The zero-order valence-electron chi connectivity index (χ0n) is 13.5. The van der Waals surface area contributed by atoms with Gasteiger partial charge in [-0.1, -0.05) is 11.6 Å². The molecule has 3 aromatic heterocycles. The molecule has 2 aliphatic heterocycles. The van der Waals surface area contributed by atoms with Crippen LogP contribution in [0, 0.1) is 0 Å². The standard InChI is InChI=1S/C20H13ClN4.ClH.Ga.3H/c21-19-10-18-9-16-4-3-14(23-16)7-12-1-2-13(22-12)8-15-5-6-17(24-15)11-20(19)25-18;;;;;/h1-11,22,25H;1H;;;;. The number of hydrogen-bond acceptors (Lipinski definition) is 2. The van der Waals surface area contributed by atoms with Gasteiger partial charge >= 0.3 is 19.8 Å². The van der Waals surface area contributed by atoms with Crippen LogP contribution >= 0.6 is 24.0 Å². The Morgan fingerprint density at radius 1 is 0.630 bits per heavy atom. The van der Waals surface area contributed by atoms with Crippen molar-refractivity contribution >= 4 is 90.2 Å². The van der Waals surface area contributed by atoms with Gasteiger partial charge in [0.25, 0.3) is 0 Å². The van der Waals surface area contributed by atoms with Crippen molar-refractivity contribution in [2.75, 3.05) is 0 Å². The summed E-state index contributed by atoms with van der Waals surface area (Å²) in [5.41, 5.74) is 7.31. The predicted molar refractivity (Wildman–Crippen MR) is 121 cm³/mol. The van der Waals surface area contributed by atoms with Crippen molar-refractivity contribution in [3.63, 3.8) is 0 Å². The average Bonchev–Trinajstić information content (AvgIpc) is 3.33. The third-order valence-corrected chi connectivity index (χ3v) is 4.43. The molecule has 3 aromatic rings. The van der Waals surface area contributed by atoms with Gasteiger partial charge in [-0.25, -0.2) is 9.97 Å². The first-order chi connectivity index (χ1) is 12.2. The Kier molecular flexibility index (Phi) is 5.67. The number of aromatic amines is 2. The van der Waals surface area contributed by atoms with Gasteiger partial charge in [-0.3, -0.25) is 0 Å². The second-order valence-electron chi connectivity index (χ2n) is 6.02. The molecule has 0 aromatic carbocycles. The predicted octanol–water partition coefficient (Wildman–Crippen LogP) is 4.55. The summed E-state index contributed by atoms with van der Waals surface area (Å²) in [5.74, 6) is 0. The summed E-state index contributed by atoms with van der Waals surface area (Å²) in [6, 6.07) is 13.9. The summed E-state index contributed by atoms with van der Waals surface area (Å²) in [5, 5.41) is 0.663. The quantitative estimate of drug-likeness (QED) is 0.338. The molecular formula is C20H17Cl2GaN4. The monoisotopic (exact) mass is 452 g/mol. The summed E-state index contributed by atoms with van der Waals surface area (Å²) >= 11 is 6.35. The summed E-state index contributed by atoms with van der Waals surface area (Å²) in [6.45, 7) is 0. The van der Waals surface area contributed by atoms with E-state index in [0.717, 1.165) is 44.8 Å². The third kappa shape index (κ3) is 4.06. The Morgan fingerprint density at radius 2 is 1.11 bits per heavy atom. The molecule has 0 spiro atoms. The average molecular weight is 454 g/mol. The van der Waals surface area contributed by atoms with Crippen LogP contribution in [0.4, 0.5) is 0 Å². The minimum atomic E-state index is 0. The first-order valence-corrected chi connectivity index (χ1v) is 8.33. The van der Waals surface area contributed by atoms with E-state index in [2.05, 4.69) is 19.9 Å². The minimum absolute atomic E-state index is 0. The van der Waals surface area contributed by atoms with E-state index in [1.807, 2.05) is 66.8 Å². The maximum atomic E-state index is 6.35. The Balaban J connectivity index is 0.00000105. The molecule has 7 heteroatoms. The van der Waals surface area contributed by atoms with E-state index in [1.54, 1.807) is 0 Å². The Morgan fingerprint density at radius 3 is 1.67 bits per heavy atom. The molecule has 0 saturated carbocycles. The molecule has 0 amide bonds. The van der Waals surface area contributed by atoms with Gasteiger partial charge in [-0.15, -0.1) is 12.4 Å². The van der Waals surface area contributed by atoms with Crippen LogP contribution in [-0.4, -0.2) is 39.7 Å². The van der Waals surface area contributed by atoms with Gasteiger partial charge in [0.1, 0.15) is 0 Å². The number of nitrogens with zero attached hydrogens (tertiary/aromatic N) is 2. The van der Waals surface area contributed by atoms with E-state index in [0.29, 0.717) is 5.02 Å². The van der Waals surface area contributed by atoms with Crippen molar-refractivity contribution in [3.05, 3.63) is 70.3 Å². The van der Waals surface area contributed by atoms with Gasteiger partial charge < -0.3 is 9.97 Å². The SMILES string of the molecule is Cl.Clc1cc2cc3nc(cc4ccc(cc5nc(cc1[nH]2)C=C5)[nH]4)C=C3.[GaH3]. The first kappa shape index (κ1) is 19.6. The molecule has 4 nitrogen and oxygen atoms in total. The molecule has 5 rings (SSSR count). The van der Waals surface area contributed by atoms with Crippen molar-refractivity contribution in [1.82, 2.24) is 19.9 Å². The zero-order chi connectivity index (χ0) is 16.8. The van der Waals surface area contributed by atoms with Crippen molar-refractivity contribution in [3.8, 4) is 0 Å². The van der Waals surface area contributed by atoms with Crippen LogP contribution in [0.1, 0.15) is 22.8 Å². The first-order valence-electron chi connectivity index (χ1n) is 7.95. The molecule has 0 atom stereocenters. The van der Waals surface area contributed by atoms with Crippen LogP contribution in [0.5, 0.6) is 0 Å². The van der Waals surface area contributed by atoms with E-state index >= 15 is 0 Å². The molecule has 0 unspecified atom stereocenters. The van der Waals surface area contributed by atoms with Crippen LogP contribution in [0.3, 0.4) is 0 Å². The van der Waals surface area contributed by atoms with Crippen molar-refractivity contribution in [2.45, 2.75) is 0 Å². The number of halogens is 2. The van der Waals surface area contributed by atoms with Crippen LogP contribution in [0.15, 0.2) is 42.5 Å². The molecule has 0 saturated heterocycles. The maximum absolute atomic E-state index is 6.35.